The summed E-state index contributed by atoms with van der Waals surface area (Å²) in [5.74, 6) is 0.721. The van der Waals surface area contributed by atoms with Crippen molar-refractivity contribution in [3.63, 3.8) is 0 Å². The molecule has 1 rings (SSSR count). The Balaban J connectivity index is 2.59. The minimum absolute atomic E-state index is 0.0369. The highest BCUT2D eigenvalue weighted by Gasteiger charge is 2.28. The maximum atomic E-state index is 12.0. The molecule has 0 aliphatic heterocycles. The van der Waals surface area contributed by atoms with Gasteiger partial charge in [0, 0.05) is 11.6 Å². The van der Waals surface area contributed by atoms with Crippen LogP contribution in [0.15, 0.2) is 18.2 Å². The second kappa shape index (κ2) is 6.95. The van der Waals surface area contributed by atoms with Crippen molar-refractivity contribution in [2.75, 3.05) is 13.2 Å². The van der Waals surface area contributed by atoms with Crippen LogP contribution >= 0.6 is 11.6 Å². The zero-order chi connectivity index (χ0) is 15.3. The molecule has 0 fully saturated rings. The molecule has 0 radical (unpaired) electrons. The lowest BCUT2D eigenvalue weighted by Crippen LogP contribution is -2.56. The van der Waals surface area contributed by atoms with Gasteiger partial charge in [0.05, 0.1) is 5.54 Å². The minimum Gasteiger partial charge on any atom is -0.484 e. The molecule has 0 aromatic heterocycles. The van der Waals surface area contributed by atoms with E-state index < -0.39 is 5.54 Å². The zero-order valence-electron chi connectivity index (χ0n) is 12.5. The Morgan fingerprint density at radius 2 is 2.15 bits per heavy atom. The molecule has 112 valence electrons. The molecular weight excluding hydrogens is 276 g/mol. The summed E-state index contributed by atoms with van der Waals surface area (Å²) in [5, 5.41) is 3.58. The van der Waals surface area contributed by atoms with Crippen LogP contribution in [0.25, 0.3) is 0 Å². The Morgan fingerprint density at radius 3 is 2.65 bits per heavy atom. The molecule has 1 aromatic carbocycles. The molecule has 0 spiro atoms. The van der Waals surface area contributed by atoms with E-state index in [9.17, 15) is 4.79 Å². The summed E-state index contributed by atoms with van der Waals surface area (Å²) >= 11 is 5.87. The van der Waals surface area contributed by atoms with Gasteiger partial charge in [-0.2, -0.15) is 0 Å². The number of nitrogens with two attached hydrogens (primary N) is 1. The van der Waals surface area contributed by atoms with E-state index in [0.29, 0.717) is 17.3 Å². The van der Waals surface area contributed by atoms with E-state index in [1.165, 1.54) is 0 Å². The van der Waals surface area contributed by atoms with Gasteiger partial charge < -0.3 is 15.8 Å². The summed E-state index contributed by atoms with van der Waals surface area (Å²) in [6, 6.07) is 5.29. The van der Waals surface area contributed by atoms with Gasteiger partial charge in [-0.3, -0.25) is 4.79 Å². The molecular formula is C15H23ClN2O2. The molecule has 0 saturated heterocycles. The number of ether oxygens (including phenoxy) is 1. The SMILES string of the molecule is Cc1cc(Cl)ccc1OCC(=O)NC(C)(CN)C(C)C. The van der Waals surface area contributed by atoms with E-state index in [2.05, 4.69) is 5.32 Å². The van der Waals surface area contributed by atoms with E-state index >= 15 is 0 Å². The highest BCUT2D eigenvalue weighted by atomic mass is 35.5. The number of rotatable bonds is 6. The molecule has 5 heteroatoms. The number of halogens is 1. The van der Waals surface area contributed by atoms with Crippen LogP contribution in [0.3, 0.4) is 0 Å². The first-order chi connectivity index (χ1) is 9.28. The van der Waals surface area contributed by atoms with Crippen molar-refractivity contribution in [2.24, 2.45) is 11.7 Å². The number of nitrogens with one attached hydrogen (secondary N) is 1. The number of carbonyl (C=O) groups is 1. The Kier molecular flexibility index (Phi) is 5.84. The summed E-state index contributed by atoms with van der Waals surface area (Å²) in [7, 11) is 0. The van der Waals surface area contributed by atoms with Gasteiger partial charge in [-0.25, -0.2) is 0 Å². The smallest absolute Gasteiger partial charge is 0.258 e. The third-order valence-corrected chi connectivity index (χ3v) is 3.85. The van der Waals surface area contributed by atoms with E-state index in [0.717, 1.165) is 5.56 Å². The summed E-state index contributed by atoms with van der Waals surface area (Å²) in [4.78, 5) is 12.0. The second-order valence-electron chi connectivity index (χ2n) is 5.52. The number of hydrogen-bond donors (Lipinski definition) is 2. The maximum Gasteiger partial charge on any atom is 0.258 e. The molecule has 0 bridgehead atoms. The van der Waals surface area contributed by atoms with E-state index in [1.54, 1.807) is 18.2 Å². The van der Waals surface area contributed by atoms with Crippen LogP contribution < -0.4 is 15.8 Å². The first-order valence-corrected chi connectivity index (χ1v) is 7.06. The summed E-state index contributed by atoms with van der Waals surface area (Å²) < 4.78 is 5.51. The summed E-state index contributed by atoms with van der Waals surface area (Å²) in [5.41, 5.74) is 6.21. The van der Waals surface area contributed by atoms with Crippen LogP contribution in [0.5, 0.6) is 5.75 Å². The van der Waals surface area contributed by atoms with Gasteiger partial charge in [-0.05, 0) is 43.5 Å². The van der Waals surface area contributed by atoms with Gasteiger partial charge in [0.15, 0.2) is 6.61 Å². The van der Waals surface area contributed by atoms with E-state index in [-0.39, 0.29) is 18.4 Å². The number of amides is 1. The first-order valence-electron chi connectivity index (χ1n) is 6.68. The van der Waals surface area contributed by atoms with Crippen molar-refractivity contribution in [3.8, 4) is 5.75 Å². The van der Waals surface area contributed by atoms with Crippen LogP contribution in [0.1, 0.15) is 26.3 Å². The molecule has 0 aliphatic rings. The highest BCUT2D eigenvalue weighted by Crippen LogP contribution is 2.21. The number of carbonyl (C=O) groups excluding carboxylic acids is 1. The van der Waals surface area contributed by atoms with Gasteiger partial charge in [0.1, 0.15) is 5.75 Å². The van der Waals surface area contributed by atoms with Crippen molar-refractivity contribution >= 4 is 17.5 Å². The Morgan fingerprint density at radius 1 is 1.50 bits per heavy atom. The van der Waals surface area contributed by atoms with Crippen molar-refractivity contribution in [2.45, 2.75) is 33.2 Å². The fraction of sp³-hybridized carbons (Fsp3) is 0.533. The fourth-order valence-electron chi connectivity index (χ4n) is 1.70. The molecule has 1 amide bonds. The van der Waals surface area contributed by atoms with Crippen LogP contribution in [-0.2, 0) is 4.79 Å². The third kappa shape index (κ3) is 4.39. The van der Waals surface area contributed by atoms with E-state index in [1.807, 2.05) is 27.7 Å². The Hall–Kier alpha value is -1.26. The topological polar surface area (TPSA) is 64.3 Å². The average Bonchev–Trinajstić information content (AvgIpc) is 2.37. The third-order valence-electron chi connectivity index (χ3n) is 3.62. The lowest BCUT2D eigenvalue weighted by Gasteiger charge is -2.33. The number of aryl methyl sites for hydroxylation is 1. The van der Waals surface area contributed by atoms with Gasteiger partial charge in [-0.15, -0.1) is 0 Å². The minimum atomic E-state index is -0.421. The maximum absolute atomic E-state index is 12.0. The molecule has 3 N–H and O–H groups in total. The standard InChI is InChI=1S/C15H23ClN2O2/c1-10(2)15(4,9-17)18-14(19)8-20-13-6-5-12(16)7-11(13)3/h5-7,10H,8-9,17H2,1-4H3,(H,18,19). The van der Waals surface area contributed by atoms with Crippen molar-refractivity contribution < 1.29 is 9.53 Å². The molecule has 0 aliphatic carbocycles. The Labute approximate surface area is 125 Å². The van der Waals surface area contributed by atoms with Crippen molar-refractivity contribution in [3.05, 3.63) is 28.8 Å². The molecule has 0 heterocycles. The predicted octanol–water partition coefficient (Wildman–Crippen LogP) is 2.52. The molecule has 4 nitrogen and oxygen atoms in total. The van der Waals surface area contributed by atoms with E-state index in [4.69, 9.17) is 22.1 Å². The molecule has 1 atom stereocenters. The normalized spacial score (nSPS) is 13.9. The predicted molar refractivity (Wildman–Crippen MR) is 82.1 cm³/mol. The van der Waals surface area contributed by atoms with Crippen molar-refractivity contribution in [1.29, 1.82) is 0 Å². The van der Waals surface area contributed by atoms with Crippen LogP contribution in [-0.4, -0.2) is 24.6 Å². The zero-order valence-corrected chi connectivity index (χ0v) is 13.3. The quantitative estimate of drug-likeness (QED) is 0.848. The van der Waals surface area contributed by atoms with Crippen LogP contribution in [0, 0.1) is 12.8 Å². The highest BCUT2D eigenvalue weighted by molar-refractivity contribution is 6.30. The van der Waals surface area contributed by atoms with Gasteiger partial charge in [0.2, 0.25) is 0 Å². The van der Waals surface area contributed by atoms with Gasteiger partial charge in [-0.1, -0.05) is 25.4 Å². The summed E-state index contributed by atoms with van der Waals surface area (Å²) in [6.45, 7) is 8.22. The average molecular weight is 299 g/mol. The number of hydrogen-bond acceptors (Lipinski definition) is 3. The largest absolute Gasteiger partial charge is 0.484 e. The van der Waals surface area contributed by atoms with Crippen LogP contribution in [0.4, 0.5) is 0 Å². The summed E-state index contributed by atoms with van der Waals surface area (Å²) in [6.07, 6.45) is 0. The first kappa shape index (κ1) is 16.8. The lowest BCUT2D eigenvalue weighted by molar-refractivity contribution is -0.125. The molecule has 0 saturated carbocycles. The monoisotopic (exact) mass is 298 g/mol. The molecule has 1 unspecified atom stereocenters. The fourth-order valence-corrected chi connectivity index (χ4v) is 1.93. The van der Waals surface area contributed by atoms with Gasteiger partial charge >= 0.3 is 0 Å². The van der Waals surface area contributed by atoms with Crippen molar-refractivity contribution in [1.82, 2.24) is 5.32 Å². The lowest BCUT2D eigenvalue weighted by atomic mass is 9.88. The molecule has 1 aromatic rings. The van der Waals surface area contributed by atoms with Crippen LogP contribution in [0.2, 0.25) is 5.02 Å². The van der Waals surface area contributed by atoms with Gasteiger partial charge in [0.25, 0.3) is 5.91 Å². The number of benzene rings is 1. The Bertz CT molecular complexity index is 477. The second-order valence-corrected chi connectivity index (χ2v) is 5.96. The molecule has 20 heavy (non-hydrogen) atoms.